The molecule has 0 amide bonds. The Morgan fingerprint density at radius 2 is 1.89 bits per heavy atom. The van der Waals surface area contributed by atoms with Crippen LogP contribution >= 0.6 is 0 Å². The van der Waals surface area contributed by atoms with E-state index in [4.69, 9.17) is 0 Å². The molecule has 1 N–H and O–H groups in total. The fourth-order valence-corrected chi connectivity index (χ4v) is 2.41. The third kappa shape index (κ3) is 5.58. The summed E-state index contributed by atoms with van der Waals surface area (Å²) in [5.74, 6) is 0. The summed E-state index contributed by atoms with van der Waals surface area (Å²) >= 11 is 0. The molecular weight excluding hydrogens is 232 g/mol. The second-order valence-electron chi connectivity index (χ2n) is 4.78. The first-order valence-electron chi connectivity index (χ1n) is 7.44. The molecule has 0 saturated heterocycles. The van der Waals surface area contributed by atoms with Gasteiger partial charge in [-0.3, -0.25) is 4.90 Å². The number of allylic oxidation sites excluding steroid dienone is 1. The molecule has 2 nitrogen and oxygen atoms in total. The molecule has 1 aromatic rings. The van der Waals surface area contributed by atoms with Crippen LogP contribution in [0.15, 0.2) is 43.0 Å². The second kappa shape index (κ2) is 9.76. The van der Waals surface area contributed by atoms with Crippen molar-refractivity contribution in [2.75, 3.05) is 26.2 Å². The van der Waals surface area contributed by atoms with Crippen LogP contribution in [0.2, 0.25) is 0 Å². The van der Waals surface area contributed by atoms with Gasteiger partial charge in [-0.05, 0) is 38.0 Å². The van der Waals surface area contributed by atoms with Crippen LogP contribution < -0.4 is 5.32 Å². The summed E-state index contributed by atoms with van der Waals surface area (Å²) in [4.78, 5) is 2.51. The highest BCUT2D eigenvalue weighted by Gasteiger charge is 2.16. The van der Waals surface area contributed by atoms with Crippen molar-refractivity contribution >= 4 is 0 Å². The molecule has 0 saturated carbocycles. The zero-order valence-electron chi connectivity index (χ0n) is 12.4. The standard InChI is InChI=1S/C17H28N2/c1-4-7-11-14-18-15-17(19(5-2)6-3)16-12-9-8-10-13-16/h4,8-10,12-13,17-18H,1,5-7,11,14-15H2,2-3H3. The third-order valence-corrected chi connectivity index (χ3v) is 3.54. The van der Waals surface area contributed by atoms with E-state index >= 15 is 0 Å². The van der Waals surface area contributed by atoms with Gasteiger partial charge in [0.1, 0.15) is 0 Å². The smallest absolute Gasteiger partial charge is 0.0472 e. The van der Waals surface area contributed by atoms with E-state index in [0.29, 0.717) is 6.04 Å². The summed E-state index contributed by atoms with van der Waals surface area (Å²) in [7, 11) is 0. The van der Waals surface area contributed by atoms with Gasteiger partial charge in [-0.1, -0.05) is 50.3 Å². The minimum atomic E-state index is 0.472. The lowest BCUT2D eigenvalue weighted by Crippen LogP contribution is -2.36. The van der Waals surface area contributed by atoms with Crippen LogP contribution in [0.3, 0.4) is 0 Å². The molecule has 1 aromatic carbocycles. The van der Waals surface area contributed by atoms with Crippen LogP contribution in [0.1, 0.15) is 38.3 Å². The quantitative estimate of drug-likeness (QED) is 0.510. The molecule has 19 heavy (non-hydrogen) atoms. The predicted molar refractivity (Wildman–Crippen MR) is 84.4 cm³/mol. The van der Waals surface area contributed by atoms with Crippen LogP contribution in [0.4, 0.5) is 0 Å². The van der Waals surface area contributed by atoms with Crippen LogP contribution in [0, 0.1) is 0 Å². The van der Waals surface area contributed by atoms with Crippen molar-refractivity contribution in [1.82, 2.24) is 10.2 Å². The maximum absolute atomic E-state index is 3.76. The molecule has 0 aliphatic heterocycles. The SMILES string of the molecule is C=CCCCNCC(c1ccccc1)N(CC)CC. The Balaban J connectivity index is 2.57. The van der Waals surface area contributed by atoms with Gasteiger partial charge in [0.2, 0.25) is 0 Å². The lowest BCUT2D eigenvalue weighted by Gasteiger charge is -2.30. The molecule has 0 aromatic heterocycles. The van der Waals surface area contributed by atoms with E-state index in [0.717, 1.165) is 32.6 Å². The molecule has 0 aliphatic carbocycles. The van der Waals surface area contributed by atoms with Gasteiger partial charge < -0.3 is 5.32 Å². The molecule has 106 valence electrons. The van der Waals surface area contributed by atoms with Crippen molar-refractivity contribution in [2.45, 2.75) is 32.7 Å². The summed E-state index contributed by atoms with van der Waals surface area (Å²) < 4.78 is 0. The lowest BCUT2D eigenvalue weighted by atomic mass is 10.1. The Labute approximate surface area is 118 Å². The fourth-order valence-electron chi connectivity index (χ4n) is 2.41. The number of nitrogens with one attached hydrogen (secondary N) is 1. The average Bonchev–Trinajstić information content (AvgIpc) is 2.47. The van der Waals surface area contributed by atoms with Gasteiger partial charge in [0.15, 0.2) is 0 Å². The van der Waals surface area contributed by atoms with Gasteiger partial charge >= 0.3 is 0 Å². The van der Waals surface area contributed by atoms with Gasteiger partial charge in [0.05, 0.1) is 0 Å². The largest absolute Gasteiger partial charge is 0.315 e. The second-order valence-corrected chi connectivity index (χ2v) is 4.78. The summed E-state index contributed by atoms with van der Waals surface area (Å²) in [6, 6.07) is 11.3. The van der Waals surface area contributed by atoms with Gasteiger partial charge in [-0.25, -0.2) is 0 Å². The van der Waals surface area contributed by atoms with Gasteiger partial charge in [-0.2, -0.15) is 0 Å². The number of hydrogen-bond donors (Lipinski definition) is 1. The predicted octanol–water partition coefficient (Wildman–Crippen LogP) is 3.63. The summed E-state index contributed by atoms with van der Waals surface area (Å²) in [5.41, 5.74) is 1.41. The van der Waals surface area contributed by atoms with Gasteiger partial charge in [-0.15, -0.1) is 6.58 Å². The van der Waals surface area contributed by atoms with E-state index in [-0.39, 0.29) is 0 Å². The van der Waals surface area contributed by atoms with Crippen LogP contribution in [0.25, 0.3) is 0 Å². The highest BCUT2D eigenvalue weighted by molar-refractivity contribution is 5.19. The molecule has 2 heteroatoms. The van der Waals surface area contributed by atoms with E-state index < -0.39 is 0 Å². The lowest BCUT2D eigenvalue weighted by molar-refractivity contribution is 0.213. The number of hydrogen-bond acceptors (Lipinski definition) is 2. The monoisotopic (exact) mass is 260 g/mol. The number of benzene rings is 1. The third-order valence-electron chi connectivity index (χ3n) is 3.54. The Bertz CT molecular complexity index is 330. The van der Waals surface area contributed by atoms with Crippen LogP contribution in [-0.2, 0) is 0 Å². The maximum atomic E-state index is 3.76. The van der Waals surface area contributed by atoms with Gasteiger partial charge in [0.25, 0.3) is 0 Å². The van der Waals surface area contributed by atoms with Crippen molar-refractivity contribution in [1.29, 1.82) is 0 Å². The number of likely N-dealkylation sites (N-methyl/N-ethyl adjacent to an activating group) is 1. The molecule has 0 fully saturated rings. The van der Waals surface area contributed by atoms with E-state index in [2.05, 4.69) is 61.0 Å². The molecule has 0 spiro atoms. The molecule has 1 unspecified atom stereocenters. The molecular formula is C17H28N2. The van der Waals surface area contributed by atoms with Crippen molar-refractivity contribution in [3.8, 4) is 0 Å². The van der Waals surface area contributed by atoms with Crippen LogP contribution in [-0.4, -0.2) is 31.1 Å². The molecule has 0 radical (unpaired) electrons. The topological polar surface area (TPSA) is 15.3 Å². The minimum Gasteiger partial charge on any atom is -0.315 e. The Hall–Kier alpha value is -1.12. The Kier molecular flexibility index (Phi) is 8.19. The molecule has 0 bridgehead atoms. The Morgan fingerprint density at radius 1 is 1.21 bits per heavy atom. The van der Waals surface area contributed by atoms with Crippen LogP contribution in [0.5, 0.6) is 0 Å². The van der Waals surface area contributed by atoms with Crippen molar-refractivity contribution in [3.05, 3.63) is 48.6 Å². The first kappa shape index (κ1) is 15.9. The molecule has 0 aliphatic rings. The molecule has 1 atom stereocenters. The van der Waals surface area contributed by atoms with Crippen molar-refractivity contribution in [2.24, 2.45) is 0 Å². The normalized spacial score (nSPS) is 12.6. The van der Waals surface area contributed by atoms with E-state index in [1.54, 1.807) is 0 Å². The maximum Gasteiger partial charge on any atom is 0.0472 e. The summed E-state index contributed by atoms with van der Waals surface area (Å²) in [6.45, 7) is 12.5. The zero-order valence-corrected chi connectivity index (χ0v) is 12.4. The summed E-state index contributed by atoms with van der Waals surface area (Å²) in [5, 5.41) is 3.58. The van der Waals surface area contributed by atoms with E-state index in [1.807, 2.05) is 6.08 Å². The average molecular weight is 260 g/mol. The minimum absolute atomic E-state index is 0.472. The Morgan fingerprint density at radius 3 is 2.47 bits per heavy atom. The van der Waals surface area contributed by atoms with E-state index in [1.165, 1.54) is 12.0 Å². The van der Waals surface area contributed by atoms with E-state index in [9.17, 15) is 0 Å². The first-order chi connectivity index (χ1) is 9.33. The van der Waals surface area contributed by atoms with Gasteiger partial charge in [0, 0.05) is 12.6 Å². The molecule has 1 rings (SSSR count). The highest BCUT2D eigenvalue weighted by Crippen LogP contribution is 2.19. The molecule has 0 heterocycles. The van der Waals surface area contributed by atoms with Crippen molar-refractivity contribution < 1.29 is 0 Å². The number of unbranched alkanes of at least 4 members (excludes halogenated alkanes) is 1. The highest BCUT2D eigenvalue weighted by atomic mass is 15.2. The summed E-state index contributed by atoms with van der Waals surface area (Å²) in [6.07, 6.45) is 4.25. The fraction of sp³-hybridized carbons (Fsp3) is 0.529. The first-order valence-corrected chi connectivity index (χ1v) is 7.44. The van der Waals surface area contributed by atoms with Crippen molar-refractivity contribution in [3.63, 3.8) is 0 Å². The number of nitrogens with zero attached hydrogens (tertiary/aromatic N) is 1. The number of rotatable bonds is 10. The zero-order chi connectivity index (χ0) is 13.9.